The molecule has 3 amide bonds. The summed E-state index contributed by atoms with van der Waals surface area (Å²) in [6, 6.07) is 9.83. The van der Waals surface area contributed by atoms with E-state index in [1.165, 1.54) is 17.0 Å². The molecule has 1 saturated heterocycles. The lowest BCUT2D eigenvalue weighted by Gasteiger charge is -2.43. The van der Waals surface area contributed by atoms with Crippen LogP contribution >= 0.6 is 23.1 Å². The molecule has 264 valence electrons. The van der Waals surface area contributed by atoms with E-state index in [1.54, 1.807) is 36.9 Å². The third kappa shape index (κ3) is 5.95. The highest BCUT2D eigenvalue weighted by molar-refractivity contribution is 8.00. The third-order valence-corrected chi connectivity index (χ3v) is 12.7. The number of aromatic nitrogens is 1. The smallest absolute Gasteiger partial charge is 0.418 e. The Hall–Kier alpha value is -4.31. The number of H-pyrrole nitrogens is 1. The predicted octanol–water partition coefficient (Wildman–Crippen LogP) is 5.21. The normalized spacial score (nSPS) is 26.4. The molecular formula is C34H32F3N3O8S2. The van der Waals surface area contributed by atoms with Crippen LogP contribution in [0.3, 0.4) is 0 Å². The molecule has 2 aromatic carbocycles. The van der Waals surface area contributed by atoms with Crippen LogP contribution in [0.4, 0.5) is 18.9 Å². The van der Waals surface area contributed by atoms with Crippen LogP contribution in [0.1, 0.15) is 48.1 Å². The van der Waals surface area contributed by atoms with Gasteiger partial charge < -0.3 is 24.9 Å². The molecule has 0 radical (unpaired) electrons. The quantitative estimate of drug-likeness (QED) is 0.226. The van der Waals surface area contributed by atoms with E-state index in [4.69, 9.17) is 14.6 Å². The molecule has 6 unspecified atom stereocenters. The number of thiazole rings is 1. The van der Waals surface area contributed by atoms with E-state index in [2.05, 4.69) is 10.3 Å². The number of rotatable bonds is 11. The first-order valence-electron chi connectivity index (χ1n) is 16.2. The number of ether oxygens (including phenoxy) is 2. The second kappa shape index (κ2) is 13.1. The number of carbonyl (C=O) groups is 4. The number of hydrogen-bond donors (Lipinski definition) is 3. The zero-order chi connectivity index (χ0) is 35.5. The average Bonchev–Trinajstić information content (AvgIpc) is 3.80. The zero-order valence-electron chi connectivity index (χ0n) is 26.5. The number of para-hydroxylation sites is 1. The molecular weight excluding hydrogens is 700 g/mol. The van der Waals surface area contributed by atoms with Crippen LogP contribution in [0.5, 0.6) is 11.5 Å². The standard InChI is InChI=1S/C34H32F3N3O8S2/c1-2-47-21-12-15(9-10-20(21)48-14-22(41)38-19-7-4-3-6-18(19)34(35,36)37)24-25-16-13-17(28(25)49-30-29(24)50-33(46)39-30)27-26(16)31(44)40(32(27)45)11-5-8-23(42)43/h3-4,6-7,9-10,12,16-17,24-28H,2,5,8,11,13-14H2,1H3,(H,38,41)(H,39,46)(H,42,43)/t16?,17?,24-,25?,26?,27?,28?/m1/s1. The van der Waals surface area contributed by atoms with E-state index in [-0.39, 0.29) is 83.0 Å². The number of benzene rings is 2. The van der Waals surface area contributed by atoms with Crippen molar-refractivity contribution in [2.45, 2.75) is 48.6 Å². The summed E-state index contributed by atoms with van der Waals surface area (Å²) in [7, 11) is 0. The van der Waals surface area contributed by atoms with Gasteiger partial charge in [-0.05, 0) is 67.3 Å². The van der Waals surface area contributed by atoms with Crippen LogP contribution in [0.25, 0.3) is 0 Å². The second-order valence-electron chi connectivity index (χ2n) is 12.8. The summed E-state index contributed by atoms with van der Waals surface area (Å²) >= 11 is 2.64. The van der Waals surface area contributed by atoms with E-state index in [9.17, 15) is 37.1 Å². The van der Waals surface area contributed by atoms with Gasteiger partial charge in [0.1, 0.15) is 0 Å². The first-order chi connectivity index (χ1) is 23.9. The lowest BCUT2D eigenvalue weighted by molar-refractivity contribution is -0.143. The van der Waals surface area contributed by atoms with Gasteiger partial charge in [-0.1, -0.05) is 29.5 Å². The molecule has 16 heteroatoms. The number of alkyl halides is 3. The van der Waals surface area contributed by atoms with Gasteiger partial charge in [-0.3, -0.25) is 28.9 Å². The lowest BCUT2D eigenvalue weighted by atomic mass is 9.68. The second-order valence-corrected chi connectivity index (χ2v) is 15.0. The number of carboxylic acids is 1. The minimum atomic E-state index is -4.66. The fraction of sp³-hybridized carbons (Fsp3) is 0.441. The molecule has 7 atom stereocenters. The first kappa shape index (κ1) is 34.2. The average molecular weight is 732 g/mol. The van der Waals surface area contributed by atoms with Crippen LogP contribution in [0.15, 0.2) is 52.3 Å². The molecule has 3 fully saturated rings. The van der Waals surface area contributed by atoms with Gasteiger partial charge in [0.05, 0.1) is 34.7 Å². The number of hydrogen-bond acceptors (Lipinski definition) is 9. The number of aliphatic carboxylic acids is 1. The van der Waals surface area contributed by atoms with Crippen molar-refractivity contribution >= 4 is 52.5 Å². The van der Waals surface area contributed by atoms with Gasteiger partial charge in [0.15, 0.2) is 18.1 Å². The van der Waals surface area contributed by atoms with Crippen LogP contribution in [-0.4, -0.2) is 63.7 Å². The minimum Gasteiger partial charge on any atom is -0.490 e. The highest BCUT2D eigenvalue weighted by Crippen LogP contribution is 2.68. The van der Waals surface area contributed by atoms with Crippen molar-refractivity contribution in [2.75, 3.05) is 25.1 Å². The highest BCUT2D eigenvalue weighted by atomic mass is 32.2. The summed E-state index contributed by atoms with van der Waals surface area (Å²) in [5, 5.41) is 12.0. The molecule has 2 aliphatic carbocycles. The maximum atomic E-state index is 13.7. The van der Waals surface area contributed by atoms with E-state index in [0.29, 0.717) is 12.2 Å². The number of nitrogens with zero attached hydrogens (tertiary/aromatic N) is 1. The number of thioether (sulfide) groups is 1. The van der Waals surface area contributed by atoms with Crippen LogP contribution < -0.4 is 19.7 Å². The van der Waals surface area contributed by atoms with E-state index in [0.717, 1.165) is 38.9 Å². The molecule has 7 rings (SSSR count). The lowest BCUT2D eigenvalue weighted by Crippen LogP contribution is -2.42. The van der Waals surface area contributed by atoms with Gasteiger partial charge >= 0.3 is 17.0 Å². The molecule has 2 bridgehead atoms. The third-order valence-electron chi connectivity index (χ3n) is 10.1. The number of carbonyl (C=O) groups excluding carboxylic acids is 3. The number of carboxylic acid groups (broad SMARTS) is 1. The van der Waals surface area contributed by atoms with E-state index < -0.39 is 42.1 Å². The monoisotopic (exact) mass is 731 g/mol. The van der Waals surface area contributed by atoms with Gasteiger partial charge in [-0.15, -0.1) is 11.8 Å². The summed E-state index contributed by atoms with van der Waals surface area (Å²) < 4.78 is 51.9. The van der Waals surface area contributed by atoms with Crippen molar-refractivity contribution in [2.24, 2.45) is 29.6 Å². The van der Waals surface area contributed by atoms with Gasteiger partial charge in [0, 0.05) is 29.0 Å². The highest BCUT2D eigenvalue weighted by Gasteiger charge is 2.69. The molecule has 0 spiro atoms. The van der Waals surface area contributed by atoms with Crippen molar-refractivity contribution in [3.8, 4) is 11.5 Å². The van der Waals surface area contributed by atoms with E-state index >= 15 is 0 Å². The van der Waals surface area contributed by atoms with E-state index in [1.807, 2.05) is 0 Å². The van der Waals surface area contributed by atoms with Gasteiger partial charge in [0.25, 0.3) is 5.91 Å². The fourth-order valence-electron chi connectivity index (χ4n) is 8.34. The topological polar surface area (TPSA) is 155 Å². The number of amides is 3. The molecule has 3 aromatic rings. The molecule has 2 saturated carbocycles. The number of imide groups is 1. The SMILES string of the molecule is CCOc1cc([C@H]2c3sc(=O)[nH]c3SC3C4CC(C5C(=O)N(CCCC(=O)O)C(=O)C45)C32)ccc1OCC(=O)Nc1ccccc1C(F)(F)F. The van der Waals surface area contributed by atoms with Crippen molar-refractivity contribution in [3.05, 3.63) is 68.1 Å². The number of anilines is 1. The number of fused-ring (bicyclic) bond motifs is 9. The van der Waals surface area contributed by atoms with Crippen molar-refractivity contribution < 1.29 is 46.9 Å². The van der Waals surface area contributed by atoms with Gasteiger partial charge in [0.2, 0.25) is 11.8 Å². The Morgan fingerprint density at radius 1 is 1.04 bits per heavy atom. The molecule has 3 N–H and O–H groups in total. The van der Waals surface area contributed by atoms with Crippen LogP contribution in [0, 0.1) is 29.6 Å². The van der Waals surface area contributed by atoms with Crippen LogP contribution in [-0.2, 0) is 25.4 Å². The van der Waals surface area contributed by atoms with Crippen molar-refractivity contribution in [1.82, 2.24) is 9.88 Å². The Morgan fingerprint density at radius 2 is 1.78 bits per heavy atom. The van der Waals surface area contributed by atoms with Crippen molar-refractivity contribution in [1.29, 1.82) is 0 Å². The van der Waals surface area contributed by atoms with Gasteiger partial charge in [-0.25, -0.2) is 0 Å². The molecule has 2 aliphatic heterocycles. The summed E-state index contributed by atoms with van der Waals surface area (Å²) in [5.41, 5.74) is -0.584. The molecule has 50 heavy (non-hydrogen) atoms. The zero-order valence-corrected chi connectivity index (χ0v) is 28.2. The maximum absolute atomic E-state index is 13.7. The Labute approximate surface area is 291 Å². The van der Waals surface area contributed by atoms with Crippen LogP contribution in [0.2, 0.25) is 0 Å². The summed E-state index contributed by atoms with van der Waals surface area (Å²) in [6.45, 7) is 1.48. The summed E-state index contributed by atoms with van der Waals surface area (Å²) in [5.74, 6) is -3.48. The predicted molar refractivity (Wildman–Crippen MR) is 175 cm³/mol. The Balaban J connectivity index is 1.15. The Kier molecular flexibility index (Phi) is 8.95. The molecule has 11 nitrogen and oxygen atoms in total. The maximum Gasteiger partial charge on any atom is 0.418 e. The Morgan fingerprint density at radius 3 is 2.50 bits per heavy atom. The first-order valence-corrected chi connectivity index (χ1v) is 17.9. The van der Waals surface area contributed by atoms with Crippen molar-refractivity contribution in [3.63, 3.8) is 0 Å². The fourth-order valence-corrected chi connectivity index (χ4v) is 11.2. The largest absolute Gasteiger partial charge is 0.490 e. The number of likely N-dealkylation sites (tertiary alicyclic amines) is 1. The molecule has 3 heterocycles. The summed E-state index contributed by atoms with van der Waals surface area (Å²) in [4.78, 5) is 68.4. The molecule has 4 aliphatic rings. The minimum absolute atomic E-state index is 0.0607. The number of halogens is 3. The number of nitrogens with one attached hydrogen (secondary N) is 2. The Bertz CT molecular complexity index is 1930. The summed E-state index contributed by atoms with van der Waals surface area (Å²) in [6.07, 6.45) is -3.94. The number of aromatic amines is 1. The molecule has 1 aromatic heterocycles. The van der Waals surface area contributed by atoms with Gasteiger partial charge in [-0.2, -0.15) is 13.2 Å².